The van der Waals surface area contributed by atoms with Gasteiger partial charge in [0.05, 0.1) is 11.1 Å². The number of nitrogens with zero attached hydrogens (tertiary/aromatic N) is 3. The van der Waals surface area contributed by atoms with Crippen LogP contribution < -0.4 is 9.80 Å². The Morgan fingerprint density at radius 2 is 1.44 bits per heavy atom. The Bertz CT molecular complexity index is 1300. The summed E-state index contributed by atoms with van der Waals surface area (Å²) in [6.45, 7) is 4.03. The third-order valence-electron chi connectivity index (χ3n) is 8.32. The number of benzene rings is 2. The fourth-order valence-corrected chi connectivity index (χ4v) is 6.28. The van der Waals surface area contributed by atoms with Crippen LogP contribution in [0.3, 0.4) is 0 Å². The number of hydrogen-bond acceptors (Lipinski definition) is 3. The molecular formula is C32H35F6N3. The Morgan fingerprint density at radius 3 is 2.02 bits per heavy atom. The zero-order valence-corrected chi connectivity index (χ0v) is 23.2. The van der Waals surface area contributed by atoms with Crippen LogP contribution in [0.5, 0.6) is 0 Å². The molecule has 0 amide bonds. The summed E-state index contributed by atoms with van der Waals surface area (Å²) in [4.78, 5) is 8.60. The van der Waals surface area contributed by atoms with Crippen molar-refractivity contribution in [2.45, 2.75) is 77.3 Å². The van der Waals surface area contributed by atoms with Gasteiger partial charge >= 0.3 is 12.4 Å². The van der Waals surface area contributed by atoms with E-state index in [-0.39, 0.29) is 18.2 Å². The summed E-state index contributed by atoms with van der Waals surface area (Å²) in [5.41, 5.74) is 2.01. The first-order valence-electron chi connectivity index (χ1n) is 14.3. The molecule has 0 radical (unpaired) electrons. The Labute approximate surface area is 237 Å². The smallest absolute Gasteiger partial charge is 0.371 e. The van der Waals surface area contributed by atoms with Gasteiger partial charge in [-0.15, -0.1) is 0 Å². The van der Waals surface area contributed by atoms with Crippen LogP contribution >= 0.6 is 0 Å². The predicted octanol–water partition coefficient (Wildman–Crippen LogP) is 8.83. The molecule has 1 aromatic heterocycles. The lowest BCUT2D eigenvalue weighted by atomic mass is 10.00. The minimum Gasteiger partial charge on any atom is -0.371 e. The van der Waals surface area contributed by atoms with E-state index in [1.807, 2.05) is 0 Å². The number of anilines is 2. The second-order valence-electron chi connectivity index (χ2n) is 11.3. The maximum absolute atomic E-state index is 13.6. The maximum atomic E-state index is 13.6. The highest BCUT2D eigenvalue weighted by Gasteiger charge is 2.37. The van der Waals surface area contributed by atoms with Crippen molar-refractivity contribution in [3.63, 3.8) is 0 Å². The number of fused-ring (bicyclic) bond motifs is 1. The van der Waals surface area contributed by atoms with Gasteiger partial charge in [0.1, 0.15) is 5.82 Å². The first-order valence-corrected chi connectivity index (χ1v) is 14.3. The number of pyridine rings is 1. The van der Waals surface area contributed by atoms with Crippen LogP contribution in [0.1, 0.15) is 72.4 Å². The zero-order chi connectivity index (χ0) is 29.2. The fraction of sp³-hybridized carbons (Fsp3) is 0.469. The summed E-state index contributed by atoms with van der Waals surface area (Å²) in [7, 11) is 0. The highest BCUT2D eigenvalue weighted by Crippen LogP contribution is 2.38. The van der Waals surface area contributed by atoms with Gasteiger partial charge in [0.25, 0.3) is 0 Å². The van der Waals surface area contributed by atoms with Gasteiger partial charge < -0.3 is 9.80 Å². The van der Waals surface area contributed by atoms with Gasteiger partial charge in [0, 0.05) is 38.1 Å². The summed E-state index contributed by atoms with van der Waals surface area (Å²) in [6.07, 6.45) is -0.294. The van der Waals surface area contributed by atoms with E-state index in [1.54, 1.807) is 29.3 Å². The van der Waals surface area contributed by atoms with E-state index in [4.69, 9.17) is 0 Å². The van der Waals surface area contributed by atoms with Gasteiger partial charge in [0.2, 0.25) is 0 Å². The van der Waals surface area contributed by atoms with Crippen LogP contribution in [0, 0.1) is 5.92 Å². The van der Waals surface area contributed by atoms with E-state index in [9.17, 15) is 26.3 Å². The number of aryl methyl sites for hydroxylation is 2. The molecule has 5 rings (SSSR count). The first-order chi connectivity index (χ1) is 19.5. The molecule has 3 nitrogen and oxygen atoms in total. The molecular weight excluding hydrogens is 540 g/mol. The molecule has 0 aliphatic heterocycles. The number of alkyl halides is 6. The van der Waals surface area contributed by atoms with Crippen molar-refractivity contribution in [2.75, 3.05) is 22.9 Å². The summed E-state index contributed by atoms with van der Waals surface area (Å²) >= 11 is 0. The SMILES string of the molecule is CCN(CC1CCCC1)c1cc2c(cc1CN(Cc1cc(C(F)(F)F)cc(C(F)(F)F)c1)c1ccccn1)CCC2. The first kappa shape index (κ1) is 29.3. The summed E-state index contributed by atoms with van der Waals surface area (Å²) in [5.74, 6) is 1.11. The van der Waals surface area contributed by atoms with Gasteiger partial charge in [-0.2, -0.15) is 26.3 Å². The van der Waals surface area contributed by atoms with Crippen LogP contribution in [-0.2, 0) is 38.3 Å². The molecule has 1 saturated carbocycles. The van der Waals surface area contributed by atoms with Crippen molar-refractivity contribution in [2.24, 2.45) is 5.92 Å². The molecule has 1 fully saturated rings. The van der Waals surface area contributed by atoms with Crippen molar-refractivity contribution in [3.05, 3.63) is 88.1 Å². The molecule has 0 unspecified atom stereocenters. The molecule has 9 heteroatoms. The normalized spacial score (nSPS) is 15.8. The highest BCUT2D eigenvalue weighted by atomic mass is 19.4. The van der Waals surface area contributed by atoms with E-state index >= 15 is 0 Å². The second kappa shape index (κ2) is 11.9. The van der Waals surface area contributed by atoms with Gasteiger partial charge in [-0.3, -0.25) is 0 Å². The van der Waals surface area contributed by atoms with Crippen molar-refractivity contribution in [1.82, 2.24) is 4.98 Å². The minimum absolute atomic E-state index is 0.0705. The second-order valence-corrected chi connectivity index (χ2v) is 11.3. The minimum atomic E-state index is -4.90. The van der Waals surface area contributed by atoms with E-state index in [0.717, 1.165) is 55.7 Å². The number of rotatable bonds is 9. The molecule has 2 aliphatic rings. The van der Waals surface area contributed by atoms with Crippen molar-refractivity contribution in [1.29, 1.82) is 0 Å². The number of halogens is 6. The zero-order valence-electron chi connectivity index (χ0n) is 23.2. The fourth-order valence-electron chi connectivity index (χ4n) is 6.28. The quantitative estimate of drug-likeness (QED) is 0.238. The van der Waals surface area contributed by atoms with Crippen molar-refractivity contribution < 1.29 is 26.3 Å². The largest absolute Gasteiger partial charge is 0.416 e. The van der Waals surface area contributed by atoms with Crippen LogP contribution in [0.2, 0.25) is 0 Å². The van der Waals surface area contributed by atoms with E-state index < -0.39 is 23.5 Å². The Hall–Kier alpha value is -3.23. The lowest BCUT2D eigenvalue weighted by Crippen LogP contribution is -2.31. The summed E-state index contributed by atoms with van der Waals surface area (Å²) < 4.78 is 81.7. The third kappa shape index (κ3) is 6.99. The molecule has 0 bridgehead atoms. The topological polar surface area (TPSA) is 19.4 Å². The number of hydrogen-bond donors (Lipinski definition) is 0. The number of aromatic nitrogens is 1. The molecule has 0 saturated heterocycles. The standard InChI is InChI=1S/C32H35F6N3/c1-2-40(19-22-8-3-4-9-22)29-17-25-11-7-10-24(25)16-26(29)21-41(30-12-5-6-13-39-30)20-23-14-27(31(33,34)35)18-28(15-23)32(36,37)38/h5-6,12-18,22H,2-4,7-11,19-21H2,1H3. The molecule has 3 aromatic rings. The molecule has 0 spiro atoms. The van der Waals surface area contributed by atoms with Gasteiger partial charge in [-0.25, -0.2) is 4.98 Å². The average molecular weight is 576 g/mol. The highest BCUT2D eigenvalue weighted by molar-refractivity contribution is 5.60. The molecule has 1 heterocycles. The van der Waals surface area contributed by atoms with Crippen LogP contribution in [-0.4, -0.2) is 18.1 Å². The Kier molecular flexibility index (Phi) is 8.52. The summed E-state index contributed by atoms with van der Waals surface area (Å²) in [5, 5.41) is 0. The lowest BCUT2D eigenvalue weighted by Gasteiger charge is -2.32. The summed E-state index contributed by atoms with van der Waals surface area (Å²) in [6, 6.07) is 11.5. The average Bonchev–Trinajstić information content (AvgIpc) is 3.62. The van der Waals surface area contributed by atoms with E-state index in [2.05, 4.69) is 28.9 Å². The molecule has 0 atom stereocenters. The molecule has 2 aromatic carbocycles. The van der Waals surface area contributed by atoms with Crippen LogP contribution in [0.15, 0.2) is 54.7 Å². The Balaban J connectivity index is 1.54. The molecule has 0 N–H and O–H groups in total. The molecule has 220 valence electrons. The van der Waals surface area contributed by atoms with E-state index in [0.29, 0.717) is 18.3 Å². The molecule has 2 aliphatic carbocycles. The third-order valence-corrected chi connectivity index (χ3v) is 8.32. The van der Waals surface area contributed by atoms with E-state index in [1.165, 1.54) is 36.8 Å². The van der Waals surface area contributed by atoms with Crippen molar-refractivity contribution >= 4 is 11.5 Å². The monoisotopic (exact) mass is 575 g/mol. The lowest BCUT2D eigenvalue weighted by molar-refractivity contribution is -0.143. The Morgan fingerprint density at radius 1 is 0.780 bits per heavy atom. The van der Waals surface area contributed by atoms with Crippen LogP contribution in [0.4, 0.5) is 37.8 Å². The van der Waals surface area contributed by atoms with Gasteiger partial charge in [0.15, 0.2) is 0 Å². The van der Waals surface area contributed by atoms with Crippen LogP contribution in [0.25, 0.3) is 0 Å². The maximum Gasteiger partial charge on any atom is 0.416 e. The molecule has 41 heavy (non-hydrogen) atoms. The predicted molar refractivity (Wildman–Crippen MR) is 149 cm³/mol. The van der Waals surface area contributed by atoms with Crippen molar-refractivity contribution in [3.8, 4) is 0 Å². The van der Waals surface area contributed by atoms with Gasteiger partial charge in [-0.05, 0) is 104 Å². The van der Waals surface area contributed by atoms with Gasteiger partial charge in [-0.1, -0.05) is 25.0 Å².